The Labute approximate surface area is 439 Å². The first kappa shape index (κ1) is 67.6. The van der Waals surface area contributed by atoms with Gasteiger partial charge in [-0.1, -0.05) is 266 Å². The van der Waals surface area contributed by atoms with E-state index in [4.69, 9.17) is 14.2 Å². The fourth-order valence-electron chi connectivity index (χ4n) is 8.37. The van der Waals surface area contributed by atoms with Gasteiger partial charge in [-0.15, -0.1) is 0 Å². The van der Waals surface area contributed by atoms with Crippen molar-refractivity contribution in [1.82, 2.24) is 0 Å². The highest BCUT2D eigenvalue weighted by Crippen LogP contribution is 2.16. The van der Waals surface area contributed by atoms with Gasteiger partial charge in [0.05, 0.1) is 0 Å². The summed E-state index contributed by atoms with van der Waals surface area (Å²) in [6.07, 6.45) is 77.2. The average Bonchev–Trinajstić information content (AvgIpc) is 3.37. The monoisotopic (exact) mass is 989 g/mol. The first-order valence-corrected chi connectivity index (χ1v) is 30.1. The van der Waals surface area contributed by atoms with Gasteiger partial charge in [0.25, 0.3) is 0 Å². The Kier molecular flexibility index (Phi) is 56.3. The lowest BCUT2D eigenvalue weighted by Gasteiger charge is -2.18. The number of hydrogen-bond donors (Lipinski definition) is 0. The Morgan fingerprint density at radius 1 is 0.296 bits per heavy atom. The van der Waals surface area contributed by atoms with Crippen LogP contribution in [0.15, 0.2) is 85.1 Å². The molecule has 0 N–H and O–H groups in total. The second-order valence-corrected chi connectivity index (χ2v) is 19.9. The fraction of sp³-hybridized carbons (Fsp3) is 0.738. The largest absolute Gasteiger partial charge is 0.462 e. The van der Waals surface area contributed by atoms with Gasteiger partial charge in [0, 0.05) is 19.3 Å². The van der Waals surface area contributed by atoms with Crippen LogP contribution in [-0.4, -0.2) is 37.2 Å². The van der Waals surface area contributed by atoms with Crippen LogP contribution < -0.4 is 0 Å². The van der Waals surface area contributed by atoms with E-state index in [1.165, 1.54) is 135 Å². The quantitative estimate of drug-likeness (QED) is 0.0261. The lowest BCUT2D eigenvalue weighted by molar-refractivity contribution is -0.167. The highest BCUT2D eigenvalue weighted by atomic mass is 16.6. The fourth-order valence-corrected chi connectivity index (χ4v) is 8.37. The molecule has 0 aliphatic heterocycles. The molecular formula is C65H112O6. The Morgan fingerprint density at radius 3 is 0.901 bits per heavy atom. The molecule has 1 unspecified atom stereocenters. The summed E-state index contributed by atoms with van der Waals surface area (Å²) in [4.78, 5) is 38.1. The second kappa shape index (κ2) is 59.2. The normalized spacial score (nSPS) is 12.7. The number of ether oxygens (including phenoxy) is 3. The van der Waals surface area contributed by atoms with E-state index in [2.05, 4.69) is 106 Å². The standard InChI is InChI=1S/C65H112O6/c1-4-7-10-13-16-19-22-25-27-28-29-30-31-32-33-34-35-36-37-38-39-41-43-46-49-52-55-58-64(67)70-61-62(60-69-63(66)57-54-51-48-45-42-24-21-18-15-12-9-6-3)71-65(68)59-56-53-50-47-44-40-26-23-20-17-14-11-8-5-2/h7,10,14,16-17,19,23,25-27,29-30,32-33,62H,4-6,8-9,11-13,15,18,20-22,24,28,31,34-61H2,1-3H3/b10-7-,17-14-,19-16-,26-23-,27-25-,30-29-,33-32-. The lowest BCUT2D eigenvalue weighted by atomic mass is 10.0. The molecule has 0 aromatic heterocycles. The Hall–Kier alpha value is -3.41. The van der Waals surface area contributed by atoms with Crippen LogP contribution in [0.5, 0.6) is 0 Å². The van der Waals surface area contributed by atoms with E-state index in [0.717, 1.165) is 116 Å². The number of rotatable bonds is 54. The van der Waals surface area contributed by atoms with E-state index in [1.54, 1.807) is 0 Å². The van der Waals surface area contributed by atoms with Crippen molar-refractivity contribution < 1.29 is 28.6 Å². The van der Waals surface area contributed by atoms with Crippen molar-refractivity contribution >= 4 is 17.9 Å². The van der Waals surface area contributed by atoms with E-state index < -0.39 is 6.10 Å². The number of unbranched alkanes of at least 4 members (excludes halogenated alkanes) is 29. The molecule has 0 aliphatic rings. The lowest BCUT2D eigenvalue weighted by Crippen LogP contribution is -2.30. The van der Waals surface area contributed by atoms with E-state index in [1.807, 2.05) is 0 Å². The maximum atomic E-state index is 12.8. The second-order valence-electron chi connectivity index (χ2n) is 19.9. The first-order chi connectivity index (χ1) is 35.0. The molecule has 0 fully saturated rings. The molecule has 6 nitrogen and oxygen atoms in total. The Bertz CT molecular complexity index is 1370. The SMILES string of the molecule is CC/C=C\C/C=C\C/C=C\C/C=C\C/C=C\CCCCCCCCCCCCCC(=O)OCC(COC(=O)CCCCCCCCCCCCCC)OC(=O)CCCCCCC/C=C\C/C=C\CCCC. The van der Waals surface area contributed by atoms with Crippen molar-refractivity contribution in [3.8, 4) is 0 Å². The highest BCUT2D eigenvalue weighted by Gasteiger charge is 2.19. The summed E-state index contributed by atoms with van der Waals surface area (Å²) in [5, 5.41) is 0. The molecule has 0 saturated carbocycles. The van der Waals surface area contributed by atoms with Crippen LogP contribution in [0.25, 0.3) is 0 Å². The summed E-state index contributed by atoms with van der Waals surface area (Å²) in [7, 11) is 0. The van der Waals surface area contributed by atoms with Crippen molar-refractivity contribution in [3.05, 3.63) is 85.1 Å². The van der Waals surface area contributed by atoms with Crippen LogP contribution in [0.1, 0.15) is 290 Å². The minimum Gasteiger partial charge on any atom is -0.462 e. The zero-order valence-electron chi connectivity index (χ0n) is 46.7. The van der Waals surface area contributed by atoms with Gasteiger partial charge in [0.2, 0.25) is 0 Å². The predicted molar refractivity (Wildman–Crippen MR) is 307 cm³/mol. The van der Waals surface area contributed by atoms with E-state index in [9.17, 15) is 14.4 Å². The molecule has 0 amide bonds. The molecule has 0 aromatic rings. The number of carbonyl (C=O) groups is 3. The first-order valence-electron chi connectivity index (χ1n) is 30.1. The van der Waals surface area contributed by atoms with Gasteiger partial charge in [-0.3, -0.25) is 14.4 Å². The number of carbonyl (C=O) groups excluding carboxylic acids is 3. The van der Waals surface area contributed by atoms with Crippen LogP contribution in [0.4, 0.5) is 0 Å². The van der Waals surface area contributed by atoms with Crippen LogP contribution in [0.2, 0.25) is 0 Å². The predicted octanol–water partition coefficient (Wildman–Crippen LogP) is 20.3. The Morgan fingerprint density at radius 2 is 0.563 bits per heavy atom. The average molecular weight is 990 g/mol. The molecule has 0 saturated heterocycles. The third-order valence-electron chi connectivity index (χ3n) is 12.9. The summed E-state index contributed by atoms with van der Waals surface area (Å²) in [5.41, 5.74) is 0. The van der Waals surface area contributed by atoms with Crippen molar-refractivity contribution in [2.45, 2.75) is 297 Å². The minimum atomic E-state index is -0.783. The molecule has 71 heavy (non-hydrogen) atoms. The van der Waals surface area contributed by atoms with Gasteiger partial charge < -0.3 is 14.2 Å². The summed E-state index contributed by atoms with van der Waals surface area (Å²) in [6.45, 7) is 6.49. The molecule has 1 atom stereocenters. The van der Waals surface area contributed by atoms with Gasteiger partial charge in [-0.05, 0) is 89.9 Å². The molecule has 0 spiro atoms. The van der Waals surface area contributed by atoms with Crippen LogP contribution in [-0.2, 0) is 28.6 Å². The van der Waals surface area contributed by atoms with Gasteiger partial charge in [0.1, 0.15) is 13.2 Å². The Balaban J connectivity index is 4.25. The molecule has 408 valence electrons. The smallest absolute Gasteiger partial charge is 0.306 e. The maximum Gasteiger partial charge on any atom is 0.306 e. The minimum absolute atomic E-state index is 0.0801. The topological polar surface area (TPSA) is 78.9 Å². The summed E-state index contributed by atoms with van der Waals surface area (Å²) in [6, 6.07) is 0. The maximum absolute atomic E-state index is 12.8. The van der Waals surface area contributed by atoms with Crippen LogP contribution in [0.3, 0.4) is 0 Å². The molecule has 0 aromatic carbocycles. The molecule has 0 aliphatic carbocycles. The molecule has 0 heterocycles. The van der Waals surface area contributed by atoms with E-state index in [0.29, 0.717) is 19.3 Å². The third kappa shape index (κ3) is 57.4. The molecule has 6 heteroatoms. The zero-order valence-corrected chi connectivity index (χ0v) is 46.7. The molecule has 0 radical (unpaired) electrons. The van der Waals surface area contributed by atoms with Crippen molar-refractivity contribution in [3.63, 3.8) is 0 Å². The number of esters is 3. The summed E-state index contributed by atoms with van der Waals surface area (Å²) >= 11 is 0. The summed E-state index contributed by atoms with van der Waals surface area (Å²) in [5.74, 6) is -0.889. The van der Waals surface area contributed by atoms with Crippen molar-refractivity contribution in [2.75, 3.05) is 13.2 Å². The zero-order chi connectivity index (χ0) is 51.4. The van der Waals surface area contributed by atoms with Crippen molar-refractivity contribution in [1.29, 1.82) is 0 Å². The van der Waals surface area contributed by atoms with Gasteiger partial charge in [-0.2, -0.15) is 0 Å². The third-order valence-corrected chi connectivity index (χ3v) is 12.9. The number of hydrogen-bond acceptors (Lipinski definition) is 6. The van der Waals surface area contributed by atoms with Crippen molar-refractivity contribution in [2.24, 2.45) is 0 Å². The van der Waals surface area contributed by atoms with Gasteiger partial charge in [-0.25, -0.2) is 0 Å². The van der Waals surface area contributed by atoms with Gasteiger partial charge in [0.15, 0.2) is 6.10 Å². The highest BCUT2D eigenvalue weighted by molar-refractivity contribution is 5.71. The van der Waals surface area contributed by atoms with Crippen LogP contribution in [0, 0.1) is 0 Å². The molecule has 0 bridgehead atoms. The van der Waals surface area contributed by atoms with E-state index in [-0.39, 0.29) is 31.1 Å². The number of allylic oxidation sites excluding steroid dienone is 14. The molecule has 0 rings (SSSR count). The van der Waals surface area contributed by atoms with Crippen LogP contribution >= 0.6 is 0 Å². The van der Waals surface area contributed by atoms with Gasteiger partial charge >= 0.3 is 17.9 Å². The summed E-state index contributed by atoms with van der Waals surface area (Å²) < 4.78 is 16.9. The molecular weight excluding hydrogens is 877 g/mol. The van der Waals surface area contributed by atoms with E-state index >= 15 is 0 Å².